The van der Waals surface area contributed by atoms with Crippen molar-refractivity contribution < 1.29 is 61.3 Å². The quantitative estimate of drug-likeness (QED) is 0.182. The van der Waals surface area contributed by atoms with Gasteiger partial charge in [0.1, 0.15) is 0 Å². The Kier molecular flexibility index (Phi) is 9.15. The molecule has 0 aliphatic rings. The molecule has 0 unspecified atom stereocenters. The van der Waals surface area contributed by atoms with Gasteiger partial charge < -0.3 is 9.90 Å². The van der Waals surface area contributed by atoms with Gasteiger partial charge in [-0.2, -0.15) is 5.26 Å². The van der Waals surface area contributed by atoms with Crippen molar-refractivity contribution in [2.24, 2.45) is 0 Å². The molecule has 0 aliphatic heterocycles. The standard InChI is InChI=1S/C6H5NO2.K/c1-5(6(8)9)3-2-4-7;/h2-3H,1H2,(H,8,9);/q;+1/p-1. The van der Waals surface area contributed by atoms with E-state index in [1.807, 2.05) is 0 Å². The third-order valence-corrected chi connectivity index (χ3v) is 0.621. The largest absolute Gasteiger partial charge is 1.00 e. The second kappa shape index (κ2) is 7.19. The van der Waals surface area contributed by atoms with Gasteiger partial charge in [-0.1, -0.05) is 6.58 Å². The first kappa shape index (κ1) is 12.7. The van der Waals surface area contributed by atoms with E-state index in [9.17, 15) is 9.90 Å². The van der Waals surface area contributed by atoms with E-state index < -0.39 is 5.97 Å². The molecule has 0 saturated carbocycles. The Hall–Kier alpha value is 0.0764. The van der Waals surface area contributed by atoms with Crippen molar-refractivity contribution in [2.45, 2.75) is 0 Å². The number of rotatable bonds is 2. The van der Waals surface area contributed by atoms with Crippen LogP contribution in [0.15, 0.2) is 24.3 Å². The van der Waals surface area contributed by atoms with Crippen molar-refractivity contribution in [3.63, 3.8) is 0 Å². The number of carboxylic acids is 1. The third kappa shape index (κ3) is 6.20. The summed E-state index contributed by atoms with van der Waals surface area (Å²) in [6.07, 6.45) is 2.10. The summed E-state index contributed by atoms with van der Waals surface area (Å²) in [5, 5.41) is 17.7. The van der Waals surface area contributed by atoms with Crippen LogP contribution in [0.2, 0.25) is 0 Å². The smallest absolute Gasteiger partial charge is 0.545 e. The van der Waals surface area contributed by atoms with Crippen molar-refractivity contribution >= 4 is 5.97 Å². The maximum Gasteiger partial charge on any atom is 1.00 e. The summed E-state index contributed by atoms with van der Waals surface area (Å²) in [6, 6.07) is 1.62. The van der Waals surface area contributed by atoms with Crippen LogP contribution in [0.25, 0.3) is 0 Å². The van der Waals surface area contributed by atoms with E-state index in [0.29, 0.717) is 0 Å². The number of nitriles is 1. The minimum Gasteiger partial charge on any atom is -0.545 e. The first-order valence-electron chi connectivity index (χ1n) is 2.15. The minimum absolute atomic E-state index is 0. The van der Waals surface area contributed by atoms with Gasteiger partial charge in [-0.15, -0.1) is 0 Å². The van der Waals surface area contributed by atoms with E-state index >= 15 is 0 Å². The number of nitrogens with zero attached hydrogens (tertiary/aromatic N) is 1. The molecule has 0 spiro atoms. The predicted molar refractivity (Wildman–Crippen MR) is 28.9 cm³/mol. The Morgan fingerprint density at radius 2 is 2.20 bits per heavy atom. The molecule has 0 fully saturated rings. The van der Waals surface area contributed by atoms with Gasteiger partial charge in [0.2, 0.25) is 0 Å². The first-order chi connectivity index (χ1) is 4.18. The summed E-state index contributed by atoms with van der Waals surface area (Å²) in [7, 11) is 0. The van der Waals surface area contributed by atoms with Crippen LogP contribution in [-0.4, -0.2) is 5.97 Å². The fourth-order valence-corrected chi connectivity index (χ4v) is 0.206. The SMILES string of the molecule is C=C(C=CC#N)C(=O)[O-].[K+]. The van der Waals surface area contributed by atoms with Crippen molar-refractivity contribution in [1.29, 1.82) is 5.26 Å². The Morgan fingerprint density at radius 1 is 1.70 bits per heavy atom. The normalized spacial score (nSPS) is 7.90. The molecule has 0 aliphatic carbocycles. The molecule has 0 atom stereocenters. The molecule has 0 N–H and O–H groups in total. The van der Waals surface area contributed by atoms with Gasteiger partial charge in [0.25, 0.3) is 0 Å². The van der Waals surface area contributed by atoms with Crippen LogP contribution in [0.4, 0.5) is 0 Å². The molecule has 0 aromatic carbocycles. The van der Waals surface area contributed by atoms with E-state index in [1.165, 1.54) is 0 Å². The van der Waals surface area contributed by atoms with Crippen LogP contribution in [0.3, 0.4) is 0 Å². The number of aliphatic carboxylic acids is 1. The van der Waals surface area contributed by atoms with E-state index in [-0.39, 0.29) is 57.0 Å². The number of carbonyl (C=O) groups excluding carboxylic acids is 1. The van der Waals surface area contributed by atoms with Gasteiger partial charge >= 0.3 is 51.4 Å². The van der Waals surface area contributed by atoms with Gasteiger partial charge in [0, 0.05) is 6.08 Å². The average Bonchev–Trinajstić information content (AvgIpc) is 1.82. The van der Waals surface area contributed by atoms with Gasteiger partial charge in [0.15, 0.2) is 0 Å². The van der Waals surface area contributed by atoms with E-state index in [4.69, 9.17) is 5.26 Å². The summed E-state index contributed by atoms with van der Waals surface area (Å²) in [6.45, 7) is 3.09. The second-order valence-corrected chi connectivity index (χ2v) is 1.28. The van der Waals surface area contributed by atoms with Gasteiger partial charge in [0.05, 0.1) is 12.0 Å². The summed E-state index contributed by atoms with van der Waals surface area (Å²) >= 11 is 0. The summed E-state index contributed by atoms with van der Waals surface area (Å²) in [4.78, 5) is 9.83. The van der Waals surface area contributed by atoms with Crippen molar-refractivity contribution in [3.8, 4) is 6.07 Å². The van der Waals surface area contributed by atoms with Gasteiger partial charge in [-0.25, -0.2) is 0 Å². The molecule has 10 heavy (non-hydrogen) atoms. The fourth-order valence-electron chi connectivity index (χ4n) is 0.206. The molecule has 0 amide bonds. The summed E-state index contributed by atoms with van der Waals surface area (Å²) < 4.78 is 0. The Bertz CT molecular complexity index is 202. The maximum atomic E-state index is 9.83. The molecular formula is C6H4KNO2. The monoisotopic (exact) mass is 161 g/mol. The Labute approximate surface area is 101 Å². The van der Waals surface area contributed by atoms with Crippen molar-refractivity contribution in [3.05, 3.63) is 24.3 Å². The average molecular weight is 161 g/mol. The van der Waals surface area contributed by atoms with Crippen LogP contribution in [0, 0.1) is 11.3 Å². The topological polar surface area (TPSA) is 63.9 Å². The van der Waals surface area contributed by atoms with Crippen LogP contribution in [0.1, 0.15) is 0 Å². The van der Waals surface area contributed by atoms with E-state index in [0.717, 1.165) is 12.2 Å². The molecule has 0 radical (unpaired) electrons. The van der Waals surface area contributed by atoms with Crippen LogP contribution >= 0.6 is 0 Å². The van der Waals surface area contributed by atoms with Crippen LogP contribution in [-0.2, 0) is 4.79 Å². The molecule has 0 bridgehead atoms. The van der Waals surface area contributed by atoms with Crippen LogP contribution in [0.5, 0.6) is 0 Å². The number of carbonyl (C=O) groups is 1. The number of allylic oxidation sites excluding steroid dienone is 1. The van der Waals surface area contributed by atoms with Crippen molar-refractivity contribution in [2.75, 3.05) is 0 Å². The molecule has 0 rings (SSSR count). The number of carboxylic acid groups (broad SMARTS) is 1. The predicted octanol–water partition coefficient (Wildman–Crippen LogP) is -3.62. The molecule has 0 heterocycles. The molecule has 0 saturated heterocycles. The molecule has 4 heteroatoms. The Morgan fingerprint density at radius 3 is 2.50 bits per heavy atom. The molecule has 46 valence electrons. The van der Waals surface area contributed by atoms with Crippen LogP contribution < -0.4 is 56.5 Å². The fraction of sp³-hybridized carbons (Fsp3) is 0. The summed E-state index contributed by atoms with van der Waals surface area (Å²) in [5.74, 6) is -1.36. The van der Waals surface area contributed by atoms with E-state index in [1.54, 1.807) is 6.07 Å². The Balaban J connectivity index is 0. The van der Waals surface area contributed by atoms with Gasteiger partial charge in [-0.05, 0) is 11.6 Å². The van der Waals surface area contributed by atoms with Crippen molar-refractivity contribution in [1.82, 2.24) is 0 Å². The zero-order chi connectivity index (χ0) is 7.28. The second-order valence-electron chi connectivity index (χ2n) is 1.28. The number of hydrogen-bond donors (Lipinski definition) is 0. The maximum absolute atomic E-state index is 9.83. The van der Waals surface area contributed by atoms with E-state index in [2.05, 4.69) is 6.58 Å². The molecule has 0 aromatic rings. The third-order valence-electron chi connectivity index (χ3n) is 0.621. The molecule has 0 aromatic heterocycles. The zero-order valence-corrected chi connectivity index (χ0v) is 8.75. The molecular weight excluding hydrogens is 157 g/mol. The molecule has 3 nitrogen and oxygen atoms in total. The van der Waals surface area contributed by atoms with Gasteiger partial charge in [-0.3, -0.25) is 0 Å². The number of hydrogen-bond acceptors (Lipinski definition) is 3. The summed E-state index contributed by atoms with van der Waals surface area (Å²) in [5.41, 5.74) is -0.198. The first-order valence-corrected chi connectivity index (χ1v) is 2.15. The minimum atomic E-state index is -1.36. The zero-order valence-electron chi connectivity index (χ0n) is 5.63.